The van der Waals surface area contributed by atoms with Crippen molar-refractivity contribution in [2.45, 2.75) is 20.4 Å². The number of fused-ring (bicyclic) bond motifs is 1. The highest BCUT2D eigenvalue weighted by atomic mass is 32.1. The Balaban J connectivity index is 1.60. The molecule has 0 atom stereocenters. The van der Waals surface area contributed by atoms with Crippen LogP contribution in [0.3, 0.4) is 0 Å². The summed E-state index contributed by atoms with van der Waals surface area (Å²) in [6.07, 6.45) is 1.38. The van der Waals surface area contributed by atoms with Crippen LogP contribution in [0, 0.1) is 13.8 Å². The molecule has 1 saturated heterocycles. The Bertz CT molecular complexity index is 1180. The monoisotopic (exact) mass is 426 g/mol. The molecule has 3 heterocycles. The number of benzene rings is 1. The number of amides is 2. The third-order valence-electron chi connectivity index (χ3n) is 5.07. The van der Waals surface area contributed by atoms with Crippen LogP contribution in [-0.4, -0.2) is 52.6 Å². The molecule has 4 rings (SSSR count). The number of anilines is 1. The Hall–Kier alpha value is -3.04. The van der Waals surface area contributed by atoms with Gasteiger partial charge < -0.3 is 15.0 Å². The Morgan fingerprint density at radius 2 is 2.00 bits per heavy atom. The van der Waals surface area contributed by atoms with Gasteiger partial charge in [-0.3, -0.25) is 19.0 Å². The summed E-state index contributed by atoms with van der Waals surface area (Å²) in [5, 5.41) is 3.25. The van der Waals surface area contributed by atoms with Crippen LogP contribution in [0.1, 0.15) is 20.8 Å². The standard InChI is InChI=1S/C21H22N4O4S/c1-13-4-3-5-15(10-13)23-19(27)18-14(2)17-20(30-18)22-12-25(21(17)28)11-16(26)24-6-8-29-9-7-24/h3-5,10,12H,6-9,11H2,1-2H3,(H,23,27). The molecule has 1 fully saturated rings. The highest BCUT2D eigenvalue weighted by molar-refractivity contribution is 7.20. The van der Waals surface area contributed by atoms with Crippen molar-refractivity contribution < 1.29 is 14.3 Å². The number of carbonyl (C=O) groups is 2. The number of thiophene rings is 1. The van der Waals surface area contributed by atoms with Crippen molar-refractivity contribution in [1.29, 1.82) is 0 Å². The zero-order valence-corrected chi connectivity index (χ0v) is 17.6. The van der Waals surface area contributed by atoms with Crippen molar-refractivity contribution in [3.05, 3.63) is 57.0 Å². The smallest absolute Gasteiger partial charge is 0.266 e. The van der Waals surface area contributed by atoms with E-state index in [9.17, 15) is 14.4 Å². The normalized spacial score (nSPS) is 14.1. The first-order chi connectivity index (χ1) is 14.4. The number of aromatic nitrogens is 2. The number of hydrogen-bond acceptors (Lipinski definition) is 6. The van der Waals surface area contributed by atoms with Gasteiger partial charge in [-0.1, -0.05) is 12.1 Å². The second kappa shape index (κ2) is 8.37. The highest BCUT2D eigenvalue weighted by Crippen LogP contribution is 2.27. The molecule has 0 spiro atoms. The number of aryl methyl sites for hydroxylation is 2. The SMILES string of the molecule is Cc1cccc(NC(=O)c2sc3ncn(CC(=O)N4CCOCC4)c(=O)c3c2C)c1. The van der Waals surface area contributed by atoms with Crippen LogP contribution in [0.5, 0.6) is 0 Å². The molecule has 0 saturated carbocycles. The minimum Gasteiger partial charge on any atom is -0.378 e. The lowest BCUT2D eigenvalue weighted by Gasteiger charge is -2.26. The quantitative estimate of drug-likeness (QED) is 0.690. The fourth-order valence-electron chi connectivity index (χ4n) is 3.46. The number of nitrogens with one attached hydrogen (secondary N) is 1. The van der Waals surface area contributed by atoms with Gasteiger partial charge in [0.2, 0.25) is 5.91 Å². The molecule has 2 amide bonds. The van der Waals surface area contributed by atoms with Crippen molar-refractivity contribution in [2.24, 2.45) is 0 Å². The third-order valence-corrected chi connectivity index (χ3v) is 6.27. The van der Waals surface area contributed by atoms with Crippen LogP contribution in [0.2, 0.25) is 0 Å². The van der Waals surface area contributed by atoms with Gasteiger partial charge in [-0.15, -0.1) is 11.3 Å². The molecule has 156 valence electrons. The average Bonchev–Trinajstić information content (AvgIpc) is 3.08. The largest absolute Gasteiger partial charge is 0.378 e. The van der Waals surface area contributed by atoms with E-state index in [0.29, 0.717) is 52.6 Å². The van der Waals surface area contributed by atoms with E-state index in [1.54, 1.807) is 11.8 Å². The van der Waals surface area contributed by atoms with Crippen LogP contribution in [0.15, 0.2) is 35.4 Å². The van der Waals surface area contributed by atoms with Crippen molar-refractivity contribution in [2.75, 3.05) is 31.6 Å². The van der Waals surface area contributed by atoms with Crippen LogP contribution < -0.4 is 10.9 Å². The lowest BCUT2D eigenvalue weighted by atomic mass is 10.2. The van der Waals surface area contributed by atoms with Crippen LogP contribution in [0.4, 0.5) is 5.69 Å². The topological polar surface area (TPSA) is 93.5 Å². The molecule has 0 bridgehead atoms. The van der Waals surface area contributed by atoms with E-state index < -0.39 is 0 Å². The molecule has 0 unspecified atom stereocenters. The molecule has 9 heteroatoms. The summed E-state index contributed by atoms with van der Waals surface area (Å²) in [6.45, 7) is 5.64. The number of hydrogen-bond donors (Lipinski definition) is 1. The maximum Gasteiger partial charge on any atom is 0.266 e. The lowest BCUT2D eigenvalue weighted by molar-refractivity contribution is -0.135. The van der Waals surface area contributed by atoms with E-state index in [4.69, 9.17) is 4.74 Å². The number of carbonyl (C=O) groups excluding carboxylic acids is 2. The highest BCUT2D eigenvalue weighted by Gasteiger charge is 2.22. The fourth-order valence-corrected chi connectivity index (χ4v) is 4.49. The second-order valence-electron chi connectivity index (χ2n) is 7.23. The number of nitrogens with zero attached hydrogens (tertiary/aromatic N) is 3. The molecule has 1 aliphatic heterocycles. The average molecular weight is 426 g/mol. The number of ether oxygens (including phenoxy) is 1. The van der Waals surface area contributed by atoms with Gasteiger partial charge in [-0.05, 0) is 37.1 Å². The molecule has 0 radical (unpaired) electrons. The van der Waals surface area contributed by atoms with Gasteiger partial charge >= 0.3 is 0 Å². The van der Waals surface area contributed by atoms with E-state index in [1.165, 1.54) is 22.2 Å². The van der Waals surface area contributed by atoms with Gasteiger partial charge in [0.15, 0.2) is 0 Å². The Morgan fingerprint density at radius 1 is 1.23 bits per heavy atom. The zero-order chi connectivity index (χ0) is 21.3. The minimum atomic E-state index is -0.315. The summed E-state index contributed by atoms with van der Waals surface area (Å²) in [7, 11) is 0. The van der Waals surface area contributed by atoms with Gasteiger partial charge in [0, 0.05) is 18.8 Å². The molecule has 1 aliphatic rings. The number of rotatable bonds is 4. The summed E-state index contributed by atoms with van der Waals surface area (Å²) in [5.41, 5.74) is 1.99. The van der Waals surface area contributed by atoms with Crippen LogP contribution >= 0.6 is 11.3 Å². The predicted molar refractivity (Wildman–Crippen MR) is 115 cm³/mol. The summed E-state index contributed by atoms with van der Waals surface area (Å²) in [5.74, 6) is -0.428. The van der Waals surface area contributed by atoms with Crippen LogP contribution in [-0.2, 0) is 16.1 Å². The summed E-state index contributed by atoms with van der Waals surface area (Å²) in [4.78, 5) is 45.2. The molecule has 0 aliphatic carbocycles. The Labute approximate surface area is 177 Å². The number of morpholine rings is 1. The van der Waals surface area contributed by atoms with Gasteiger partial charge in [-0.2, -0.15) is 0 Å². The van der Waals surface area contributed by atoms with Gasteiger partial charge in [-0.25, -0.2) is 4.98 Å². The molecule has 8 nitrogen and oxygen atoms in total. The van der Waals surface area contributed by atoms with E-state index in [1.807, 2.05) is 31.2 Å². The van der Waals surface area contributed by atoms with Crippen molar-refractivity contribution in [3.8, 4) is 0 Å². The Morgan fingerprint density at radius 3 is 2.73 bits per heavy atom. The van der Waals surface area contributed by atoms with Gasteiger partial charge in [0.1, 0.15) is 11.4 Å². The van der Waals surface area contributed by atoms with Crippen molar-refractivity contribution >= 4 is 39.1 Å². The molecule has 2 aromatic heterocycles. The first kappa shape index (κ1) is 20.2. The fraction of sp³-hybridized carbons (Fsp3) is 0.333. The first-order valence-corrected chi connectivity index (χ1v) is 10.5. The molecule has 1 N–H and O–H groups in total. The summed E-state index contributed by atoms with van der Waals surface area (Å²) in [6, 6.07) is 7.51. The van der Waals surface area contributed by atoms with Gasteiger partial charge in [0.05, 0.1) is 29.8 Å². The zero-order valence-electron chi connectivity index (χ0n) is 16.8. The van der Waals surface area contributed by atoms with E-state index in [-0.39, 0.29) is 23.9 Å². The third kappa shape index (κ3) is 3.99. The predicted octanol–water partition coefficient (Wildman–Crippen LogP) is 2.19. The first-order valence-electron chi connectivity index (χ1n) is 9.66. The summed E-state index contributed by atoms with van der Waals surface area (Å²) >= 11 is 1.18. The maximum absolute atomic E-state index is 13.0. The van der Waals surface area contributed by atoms with Gasteiger partial charge in [0.25, 0.3) is 11.5 Å². The second-order valence-corrected chi connectivity index (χ2v) is 8.23. The van der Waals surface area contributed by atoms with E-state index >= 15 is 0 Å². The van der Waals surface area contributed by atoms with Crippen molar-refractivity contribution in [3.63, 3.8) is 0 Å². The molecule has 3 aromatic rings. The molecular weight excluding hydrogens is 404 g/mol. The Kier molecular flexibility index (Phi) is 5.65. The lowest BCUT2D eigenvalue weighted by Crippen LogP contribution is -2.43. The minimum absolute atomic E-state index is 0.0815. The van der Waals surface area contributed by atoms with E-state index in [0.717, 1.165) is 5.56 Å². The summed E-state index contributed by atoms with van der Waals surface area (Å²) < 4.78 is 6.57. The maximum atomic E-state index is 13.0. The van der Waals surface area contributed by atoms with E-state index in [2.05, 4.69) is 10.3 Å². The van der Waals surface area contributed by atoms with Crippen molar-refractivity contribution in [1.82, 2.24) is 14.5 Å². The molecular formula is C21H22N4O4S. The molecule has 30 heavy (non-hydrogen) atoms. The molecule has 1 aromatic carbocycles. The van der Waals surface area contributed by atoms with Crippen LogP contribution in [0.25, 0.3) is 10.2 Å².